The van der Waals surface area contributed by atoms with Crippen molar-refractivity contribution < 1.29 is 0 Å². The SMILES string of the molecule is CCn1nc(C)c(C(C)N(C)C(CN)C2CC2)c1C. The zero-order valence-electron chi connectivity index (χ0n) is 13.0. The van der Waals surface area contributed by atoms with Gasteiger partial charge in [-0.1, -0.05) is 0 Å². The van der Waals surface area contributed by atoms with Gasteiger partial charge in [0.2, 0.25) is 0 Å². The number of hydrogen-bond acceptors (Lipinski definition) is 3. The molecule has 2 atom stereocenters. The Labute approximate surface area is 117 Å². The molecule has 1 aromatic heterocycles. The normalized spacial score (nSPS) is 18.9. The van der Waals surface area contributed by atoms with E-state index in [-0.39, 0.29) is 0 Å². The van der Waals surface area contributed by atoms with E-state index in [9.17, 15) is 0 Å². The number of aryl methyl sites for hydroxylation is 2. The number of nitrogens with two attached hydrogens (primary N) is 1. The summed E-state index contributed by atoms with van der Waals surface area (Å²) in [6.45, 7) is 10.4. The van der Waals surface area contributed by atoms with Crippen molar-refractivity contribution in [2.45, 2.75) is 59.2 Å². The van der Waals surface area contributed by atoms with Crippen molar-refractivity contribution in [3.63, 3.8) is 0 Å². The van der Waals surface area contributed by atoms with Crippen LogP contribution in [0.3, 0.4) is 0 Å². The van der Waals surface area contributed by atoms with Crippen LogP contribution in [0.5, 0.6) is 0 Å². The van der Waals surface area contributed by atoms with Crippen LogP contribution < -0.4 is 5.73 Å². The predicted octanol–water partition coefficient (Wildman–Crippen LogP) is 2.25. The second kappa shape index (κ2) is 5.63. The summed E-state index contributed by atoms with van der Waals surface area (Å²) < 4.78 is 2.10. The molecule has 1 heterocycles. The first-order valence-electron chi connectivity index (χ1n) is 7.47. The Morgan fingerprint density at radius 3 is 2.47 bits per heavy atom. The molecule has 4 nitrogen and oxygen atoms in total. The number of aromatic nitrogens is 2. The van der Waals surface area contributed by atoms with Gasteiger partial charge in [0.25, 0.3) is 0 Å². The van der Waals surface area contributed by atoms with Crippen LogP contribution in [0.15, 0.2) is 0 Å². The van der Waals surface area contributed by atoms with Crippen molar-refractivity contribution in [2.24, 2.45) is 11.7 Å². The Bertz CT molecular complexity index is 434. The number of nitrogens with zero attached hydrogens (tertiary/aromatic N) is 3. The highest BCUT2D eigenvalue weighted by Crippen LogP contribution is 2.38. The van der Waals surface area contributed by atoms with Gasteiger partial charge in [-0.05, 0) is 53.5 Å². The lowest BCUT2D eigenvalue weighted by Crippen LogP contribution is -2.41. The van der Waals surface area contributed by atoms with Crippen LogP contribution in [0.25, 0.3) is 0 Å². The van der Waals surface area contributed by atoms with E-state index in [0.717, 1.165) is 24.7 Å². The maximum Gasteiger partial charge on any atom is 0.0644 e. The summed E-state index contributed by atoms with van der Waals surface area (Å²) in [6, 6.07) is 0.897. The van der Waals surface area contributed by atoms with Gasteiger partial charge in [-0.25, -0.2) is 0 Å². The average molecular weight is 264 g/mol. The monoisotopic (exact) mass is 264 g/mol. The first-order chi connectivity index (χ1) is 9.01. The van der Waals surface area contributed by atoms with Crippen LogP contribution in [0.1, 0.15) is 49.7 Å². The highest BCUT2D eigenvalue weighted by molar-refractivity contribution is 5.28. The highest BCUT2D eigenvalue weighted by Gasteiger charge is 2.35. The van der Waals surface area contributed by atoms with E-state index in [1.807, 2.05) is 0 Å². The fraction of sp³-hybridized carbons (Fsp3) is 0.800. The molecular weight excluding hydrogens is 236 g/mol. The van der Waals surface area contributed by atoms with Crippen LogP contribution in [0.2, 0.25) is 0 Å². The van der Waals surface area contributed by atoms with Crippen LogP contribution in [-0.4, -0.2) is 34.3 Å². The van der Waals surface area contributed by atoms with Crippen molar-refractivity contribution in [1.29, 1.82) is 0 Å². The Kier molecular flexibility index (Phi) is 4.31. The molecule has 0 spiro atoms. The van der Waals surface area contributed by atoms with Gasteiger partial charge in [-0.2, -0.15) is 5.10 Å². The van der Waals surface area contributed by atoms with Crippen molar-refractivity contribution in [2.75, 3.05) is 13.6 Å². The predicted molar refractivity (Wildman–Crippen MR) is 79.1 cm³/mol. The molecule has 0 bridgehead atoms. The summed E-state index contributed by atoms with van der Waals surface area (Å²) in [5, 5.41) is 4.64. The van der Waals surface area contributed by atoms with E-state index in [1.165, 1.54) is 24.1 Å². The zero-order chi connectivity index (χ0) is 14.2. The van der Waals surface area contributed by atoms with Gasteiger partial charge in [0.15, 0.2) is 0 Å². The van der Waals surface area contributed by atoms with Crippen LogP contribution >= 0.6 is 0 Å². The van der Waals surface area contributed by atoms with Gasteiger partial charge < -0.3 is 5.73 Å². The molecule has 19 heavy (non-hydrogen) atoms. The maximum atomic E-state index is 5.98. The Morgan fingerprint density at radius 1 is 1.42 bits per heavy atom. The van der Waals surface area contributed by atoms with Gasteiger partial charge in [-0.3, -0.25) is 9.58 Å². The van der Waals surface area contributed by atoms with E-state index in [4.69, 9.17) is 5.73 Å². The number of rotatable bonds is 6. The third-order valence-electron chi connectivity index (χ3n) is 4.70. The number of hydrogen-bond donors (Lipinski definition) is 1. The smallest absolute Gasteiger partial charge is 0.0644 e. The zero-order valence-corrected chi connectivity index (χ0v) is 13.0. The molecule has 0 aliphatic heterocycles. The molecule has 1 aliphatic rings. The van der Waals surface area contributed by atoms with E-state index in [0.29, 0.717) is 12.1 Å². The lowest BCUT2D eigenvalue weighted by atomic mass is 10.0. The first-order valence-corrected chi connectivity index (χ1v) is 7.47. The van der Waals surface area contributed by atoms with Gasteiger partial charge in [-0.15, -0.1) is 0 Å². The van der Waals surface area contributed by atoms with Crippen molar-refractivity contribution >= 4 is 0 Å². The molecule has 0 aromatic carbocycles. The molecule has 1 fully saturated rings. The molecule has 0 radical (unpaired) electrons. The van der Waals surface area contributed by atoms with Gasteiger partial charge in [0.05, 0.1) is 5.69 Å². The topological polar surface area (TPSA) is 47.1 Å². The summed E-state index contributed by atoms with van der Waals surface area (Å²) in [5.41, 5.74) is 9.81. The fourth-order valence-corrected chi connectivity index (χ4v) is 3.29. The average Bonchev–Trinajstić information content (AvgIpc) is 3.16. The molecule has 1 aromatic rings. The maximum absolute atomic E-state index is 5.98. The Balaban J connectivity index is 2.22. The molecule has 1 aliphatic carbocycles. The minimum atomic E-state index is 0.384. The lowest BCUT2D eigenvalue weighted by Gasteiger charge is -2.33. The second-order valence-electron chi connectivity index (χ2n) is 5.88. The lowest BCUT2D eigenvalue weighted by molar-refractivity contribution is 0.169. The summed E-state index contributed by atoms with van der Waals surface area (Å²) in [4.78, 5) is 2.45. The second-order valence-corrected chi connectivity index (χ2v) is 5.88. The van der Waals surface area contributed by atoms with Crippen LogP contribution in [0.4, 0.5) is 0 Å². The number of likely N-dealkylation sites (N-methyl/N-ethyl adjacent to an activating group) is 1. The summed E-state index contributed by atoms with van der Waals surface area (Å²) >= 11 is 0. The van der Waals surface area contributed by atoms with Gasteiger partial charge in [0, 0.05) is 36.4 Å². The quantitative estimate of drug-likeness (QED) is 0.857. The molecule has 108 valence electrons. The molecule has 4 heteroatoms. The standard InChI is InChI=1S/C15H28N4/c1-6-19-12(4)15(10(2)17-19)11(3)18(5)14(9-16)13-7-8-13/h11,13-14H,6-9,16H2,1-5H3. The van der Waals surface area contributed by atoms with Gasteiger partial charge in [0.1, 0.15) is 0 Å². The molecule has 2 N–H and O–H groups in total. The summed E-state index contributed by atoms with van der Waals surface area (Å²) in [5.74, 6) is 0.805. The molecular formula is C15H28N4. The Morgan fingerprint density at radius 2 is 2.05 bits per heavy atom. The molecule has 0 saturated heterocycles. The third-order valence-corrected chi connectivity index (χ3v) is 4.70. The van der Waals surface area contributed by atoms with E-state index < -0.39 is 0 Å². The molecule has 2 rings (SSSR count). The van der Waals surface area contributed by atoms with Crippen LogP contribution in [-0.2, 0) is 6.54 Å². The van der Waals surface area contributed by atoms with E-state index in [2.05, 4.69) is 49.4 Å². The Hall–Kier alpha value is -0.870. The minimum Gasteiger partial charge on any atom is -0.329 e. The van der Waals surface area contributed by atoms with Crippen molar-refractivity contribution in [1.82, 2.24) is 14.7 Å². The summed E-state index contributed by atoms with van der Waals surface area (Å²) in [7, 11) is 2.21. The van der Waals surface area contributed by atoms with E-state index in [1.54, 1.807) is 0 Å². The minimum absolute atomic E-state index is 0.384. The summed E-state index contributed by atoms with van der Waals surface area (Å²) in [6.07, 6.45) is 2.68. The first kappa shape index (κ1) is 14.5. The molecule has 0 amide bonds. The van der Waals surface area contributed by atoms with E-state index >= 15 is 0 Å². The van der Waals surface area contributed by atoms with Crippen LogP contribution in [0, 0.1) is 19.8 Å². The highest BCUT2D eigenvalue weighted by atomic mass is 15.3. The molecule has 2 unspecified atom stereocenters. The van der Waals surface area contributed by atoms with Crippen molar-refractivity contribution in [3.8, 4) is 0 Å². The third kappa shape index (κ3) is 2.70. The van der Waals surface area contributed by atoms with Gasteiger partial charge >= 0.3 is 0 Å². The fourth-order valence-electron chi connectivity index (χ4n) is 3.29. The van der Waals surface area contributed by atoms with Crippen molar-refractivity contribution in [3.05, 3.63) is 17.0 Å². The molecule has 1 saturated carbocycles. The largest absolute Gasteiger partial charge is 0.329 e.